The fraction of sp³-hybridized carbons (Fsp3) is 0.273. The molecule has 1 aromatic heterocycles. The summed E-state index contributed by atoms with van der Waals surface area (Å²) in [6.07, 6.45) is 1.05. The van der Waals surface area contributed by atoms with Crippen molar-refractivity contribution in [3.63, 3.8) is 0 Å². The van der Waals surface area contributed by atoms with E-state index in [-0.39, 0.29) is 0 Å². The van der Waals surface area contributed by atoms with Crippen molar-refractivity contribution in [2.75, 3.05) is 22.9 Å². The zero-order valence-corrected chi connectivity index (χ0v) is 15.4. The Balaban J connectivity index is 1.66. The van der Waals surface area contributed by atoms with E-state index in [2.05, 4.69) is 77.4 Å². The minimum absolute atomic E-state index is 0.802. The van der Waals surface area contributed by atoms with Crippen LogP contribution in [0.3, 0.4) is 0 Å². The molecule has 0 atom stereocenters. The van der Waals surface area contributed by atoms with Crippen molar-refractivity contribution in [1.82, 2.24) is 9.97 Å². The van der Waals surface area contributed by atoms with Crippen LogP contribution < -0.4 is 9.80 Å². The fourth-order valence-electron chi connectivity index (χ4n) is 3.52. The van der Waals surface area contributed by atoms with Crippen LogP contribution in [0.4, 0.5) is 17.5 Å². The van der Waals surface area contributed by atoms with E-state index in [1.165, 1.54) is 16.8 Å². The molecular formula is C22H24N4. The van der Waals surface area contributed by atoms with Gasteiger partial charge >= 0.3 is 0 Å². The lowest BCUT2D eigenvalue weighted by atomic mass is 10.2. The first-order valence-corrected chi connectivity index (χ1v) is 9.24. The van der Waals surface area contributed by atoms with Crippen LogP contribution in [0, 0.1) is 6.92 Å². The number of hydrogen-bond donors (Lipinski definition) is 0. The van der Waals surface area contributed by atoms with Crippen LogP contribution in [0.1, 0.15) is 23.7 Å². The molecule has 26 heavy (non-hydrogen) atoms. The van der Waals surface area contributed by atoms with Crippen molar-refractivity contribution in [1.29, 1.82) is 0 Å². The smallest absolute Gasteiger partial charge is 0.232 e. The molecule has 3 aromatic rings. The maximum absolute atomic E-state index is 4.92. The molecule has 0 N–H and O–H groups in total. The second kappa shape index (κ2) is 7.16. The highest BCUT2D eigenvalue weighted by molar-refractivity contribution is 5.66. The summed E-state index contributed by atoms with van der Waals surface area (Å²) in [7, 11) is 0. The molecule has 0 aliphatic carbocycles. The van der Waals surface area contributed by atoms with Crippen LogP contribution in [-0.2, 0) is 13.0 Å². The lowest BCUT2D eigenvalue weighted by Gasteiger charge is -2.25. The van der Waals surface area contributed by atoms with E-state index >= 15 is 0 Å². The van der Waals surface area contributed by atoms with Gasteiger partial charge < -0.3 is 9.80 Å². The molecule has 4 heteroatoms. The van der Waals surface area contributed by atoms with Gasteiger partial charge in [-0.25, -0.2) is 4.98 Å². The minimum atomic E-state index is 0.802. The molecule has 1 aliphatic rings. The maximum atomic E-state index is 4.92. The van der Waals surface area contributed by atoms with Crippen molar-refractivity contribution in [2.24, 2.45) is 0 Å². The van der Waals surface area contributed by atoms with Crippen LogP contribution in [-0.4, -0.2) is 23.1 Å². The second-order valence-electron chi connectivity index (χ2n) is 6.70. The summed E-state index contributed by atoms with van der Waals surface area (Å²) >= 11 is 0. The summed E-state index contributed by atoms with van der Waals surface area (Å²) in [5, 5.41) is 0. The molecule has 0 saturated carbocycles. The average Bonchev–Trinajstić information content (AvgIpc) is 3.10. The molecule has 0 spiro atoms. The molecular weight excluding hydrogens is 320 g/mol. The Bertz CT molecular complexity index is 892. The van der Waals surface area contributed by atoms with E-state index in [9.17, 15) is 0 Å². The van der Waals surface area contributed by atoms with Crippen LogP contribution in [0.2, 0.25) is 0 Å². The molecule has 4 nitrogen and oxygen atoms in total. The van der Waals surface area contributed by atoms with Gasteiger partial charge in [-0.15, -0.1) is 0 Å². The van der Waals surface area contributed by atoms with Gasteiger partial charge in [0.25, 0.3) is 0 Å². The Hall–Kier alpha value is -2.88. The highest BCUT2D eigenvalue weighted by atomic mass is 15.3. The third-order valence-electron chi connectivity index (χ3n) is 4.88. The monoisotopic (exact) mass is 344 g/mol. The van der Waals surface area contributed by atoms with Crippen LogP contribution in [0.5, 0.6) is 0 Å². The van der Waals surface area contributed by atoms with Gasteiger partial charge in [-0.2, -0.15) is 4.98 Å². The molecule has 0 saturated heterocycles. The average molecular weight is 344 g/mol. The Labute approximate surface area is 155 Å². The normalized spacial score (nSPS) is 12.9. The topological polar surface area (TPSA) is 32.3 Å². The molecule has 0 amide bonds. The Morgan fingerprint density at radius 3 is 2.58 bits per heavy atom. The van der Waals surface area contributed by atoms with Gasteiger partial charge in [0.15, 0.2) is 0 Å². The molecule has 0 bridgehead atoms. The first kappa shape index (κ1) is 16.6. The molecule has 0 radical (unpaired) electrons. The molecule has 1 aliphatic heterocycles. The number of benzene rings is 2. The summed E-state index contributed by atoms with van der Waals surface area (Å²) in [6.45, 7) is 6.91. The van der Waals surface area contributed by atoms with Crippen molar-refractivity contribution in [3.05, 3.63) is 77.5 Å². The summed E-state index contributed by atoms with van der Waals surface area (Å²) < 4.78 is 0. The van der Waals surface area contributed by atoms with Gasteiger partial charge in [-0.1, -0.05) is 48.5 Å². The third kappa shape index (κ3) is 3.27. The zero-order valence-electron chi connectivity index (χ0n) is 15.4. The van der Waals surface area contributed by atoms with Crippen molar-refractivity contribution in [3.8, 4) is 0 Å². The maximum Gasteiger partial charge on any atom is 0.232 e. The van der Waals surface area contributed by atoms with E-state index in [1.54, 1.807) is 0 Å². The zero-order chi connectivity index (χ0) is 17.9. The van der Waals surface area contributed by atoms with E-state index < -0.39 is 0 Å². The fourth-order valence-corrected chi connectivity index (χ4v) is 3.52. The van der Waals surface area contributed by atoms with E-state index in [0.29, 0.717) is 0 Å². The standard InChI is InChI=1S/C22H24N4/c1-3-25(16-18-9-5-4-6-10-18)21-15-17(2)23-22(24-21)26-14-13-19-11-7-8-12-20(19)26/h4-12,15H,3,13-14,16H2,1-2H3. The first-order valence-electron chi connectivity index (χ1n) is 9.24. The van der Waals surface area contributed by atoms with Crippen LogP contribution in [0.15, 0.2) is 60.7 Å². The van der Waals surface area contributed by atoms with Crippen LogP contribution >= 0.6 is 0 Å². The molecule has 132 valence electrons. The molecule has 0 fully saturated rings. The Kier molecular flexibility index (Phi) is 4.57. The summed E-state index contributed by atoms with van der Waals surface area (Å²) in [4.78, 5) is 14.2. The number of hydrogen-bond acceptors (Lipinski definition) is 4. The lowest BCUT2D eigenvalue weighted by Crippen LogP contribution is -2.25. The molecule has 2 aromatic carbocycles. The van der Waals surface area contributed by atoms with E-state index in [0.717, 1.165) is 43.5 Å². The number of aryl methyl sites for hydroxylation is 1. The minimum Gasteiger partial charge on any atom is -0.352 e. The highest BCUT2D eigenvalue weighted by Crippen LogP contribution is 2.33. The SMILES string of the molecule is CCN(Cc1ccccc1)c1cc(C)nc(N2CCc3ccccc32)n1. The number of para-hydroxylation sites is 1. The lowest BCUT2D eigenvalue weighted by molar-refractivity contribution is 0.803. The van der Waals surface area contributed by atoms with Crippen LogP contribution in [0.25, 0.3) is 0 Å². The molecule has 2 heterocycles. The van der Waals surface area contributed by atoms with Gasteiger partial charge in [0.1, 0.15) is 5.82 Å². The summed E-state index contributed by atoms with van der Waals surface area (Å²) in [5.41, 5.74) is 4.89. The predicted molar refractivity (Wildman–Crippen MR) is 107 cm³/mol. The summed E-state index contributed by atoms with van der Waals surface area (Å²) in [5.74, 6) is 1.79. The molecule has 4 rings (SSSR count). The van der Waals surface area contributed by atoms with Gasteiger partial charge in [-0.05, 0) is 37.5 Å². The Morgan fingerprint density at radius 1 is 1.00 bits per heavy atom. The third-order valence-corrected chi connectivity index (χ3v) is 4.88. The van der Waals surface area contributed by atoms with Crippen molar-refractivity contribution in [2.45, 2.75) is 26.8 Å². The first-order chi connectivity index (χ1) is 12.7. The van der Waals surface area contributed by atoms with Gasteiger partial charge in [0, 0.05) is 37.1 Å². The van der Waals surface area contributed by atoms with Gasteiger partial charge in [-0.3, -0.25) is 0 Å². The number of aromatic nitrogens is 2. The molecule has 0 unspecified atom stereocenters. The van der Waals surface area contributed by atoms with Crippen molar-refractivity contribution >= 4 is 17.5 Å². The quantitative estimate of drug-likeness (QED) is 0.682. The van der Waals surface area contributed by atoms with Crippen molar-refractivity contribution < 1.29 is 0 Å². The second-order valence-corrected chi connectivity index (χ2v) is 6.70. The summed E-state index contributed by atoms with van der Waals surface area (Å²) in [6, 6.07) is 21.2. The number of fused-ring (bicyclic) bond motifs is 1. The number of anilines is 3. The van der Waals surface area contributed by atoms with Gasteiger partial charge in [0.2, 0.25) is 5.95 Å². The Morgan fingerprint density at radius 2 is 1.77 bits per heavy atom. The number of nitrogens with zero attached hydrogens (tertiary/aromatic N) is 4. The van der Waals surface area contributed by atoms with E-state index in [1.807, 2.05) is 6.92 Å². The highest BCUT2D eigenvalue weighted by Gasteiger charge is 2.23. The number of rotatable bonds is 5. The van der Waals surface area contributed by atoms with E-state index in [4.69, 9.17) is 9.97 Å². The van der Waals surface area contributed by atoms with Gasteiger partial charge in [0.05, 0.1) is 0 Å². The largest absolute Gasteiger partial charge is 0.352 e. The predicted octanol–water partition coefficient (Wildman–Crippen LogP) is 4.51.